The molecule has 1 nitrogen and oxygen atoms in total. The van der Waals surface area contributed by atoms with Gasteiger partial charge < -0.3 is 4.74 Å². The van der Waals surface area contributed by atoms with Gasteiger partial charge in [-0.2, -0.15) is 0 Å². The van der Waals surface area contributed by atoms with Crippen LogP contribution in [0.15, 0.2) is 42.5 Å². The zero-order valence-corrected chi connectivity index (χ0v) is 9.45. The van der Waals surface area contributed by atoms with Crippen LogP contribution >= 0.6 is 0 Å². The van der Waals surface area contributed by atoms with Crippen molar-refractivity contribution in [2.24, 2.45) is 0 Å². The van der Waals surface area contributed by atoms with E-state index in [4.69, 9.17) is 4.74 Å². The minimum Gasteiger partial charge on any atom is -0.376 e. The van der Waals surface area contributed by atoms with Crippen LogP contribution in [0.2, 0.25) is 0 Å². The van der Waals surface area contributed by atoms with Crippen LogP contribution in [0.25, 0.3) is 11.1 Å². The molecule has 2 aromatic carbocycles. The summed E-state index contributed by atoms with van der Waals surface area (Å²) in [7, 11) is 0. The van der Waals surface area contributed by atoms with Crippen molar-refractivity contribution in [2.75, 3.05) is 6.61 Å². The fraction of sp³-hybridized carbons (Fsp3) is 0.200. The predicted octanol–water partition coefficient (Wildman–Crippen LogP) is 3.57. The molecule has 0 spiro atoms. The van der Waals surface area contributed by atoms with Crippen LogP contribution < -0.4 is 0 Å². The Morgan fingerprint density at radius 1 is 1.00 bits per heavy atom. The molecule has 0 bridgehead atoms. The van der Waals surface area contributed by atoms with Gasteiger partial charge in [0.15, 0.2) is 0 Å². The number of halogens is 1. The molecule has 0 aromatic heterocycles. The van der Waals surface area contributed by atoms with E-state index in [9.17, 15) is 4.39 Å². The van der Waals surface area contributed by atoms with Gasteiger partial charge in [0.2, 0.25) is 0 Å². The quantitative estimate of drug-likeness (QED) is 0.725. The molecule has 0 atom stereocenters. The minimum absolute atomic E-state index is 0.193. The Bertz CT molecular complexity index is 531. The summed E-state index contributed by atoms with van der Waals surface area (Å²) in [6.45, 7) is 1.45. The van der Waals surface area contributed by atoms with Crippen LogP contribution in [0.5, 0.6) is 0 Å². The summed E-state index contributed by atoms with van der Waals surface area (Å²) in [6, 6.07) is 12.9. The van der Waals surface area contributed by atoms with Gasteiger partial charge in [-0.15, -0.1) is 0 Å². The lowest BCUT2D eigenvalue weighted by Crippen LogP contribution is -2.10. The van der Waals surface area contributed by atoms with Crippen molar-refractivity contribution >= 4 is 0 Å². The average Bonchev–Trinajstić information content (AvgIpc) is 2.39. The lowest BCUT2D eigenvalue weighted by Gasteiger charge is -2.19. The Kier molecular flexibility index (Phi) is 2.65. The zero-order valence-electron chi connectivity index (χ0n) is 9.45. The molecule has 0 aliphatic carbocycles. The Balaban J connectivity index is 2.11. The Hall–Kier alpha value is -1.67. The highest BCUT2D eigenvalue weighted by atomic mass is 19.1. The van der Waals surface area contributed by atoms with Crippen molar-refractivity contribution in [2.45, 2.75) is 13.0 Å². The number of fused-ring (bicyclic) bond motifs is 1. The molecule has 2 heteroatoms. The van der Waals surface area contributed by atoms with Crippen LogP contribution in [0.3, 0.4) is 0 Å². The van der Waals surface area contributed by atoms with Gasteiger partial charge >= 0.3 is 0 Å². The molecular formula is C15H13FO. The van der Waals surface area contributed by atoms with E-state index < -0.39 is 0 Å². The maximum Gasteiger partial charge on any atom is 0.123 e. The monoisotopic (exact) mass is 228 g/mol. The number of hydrogen-bond acceptors (Lipinski definition) is 1. The Morgan fingerprint density at radius 2 is 1.82 bits per heavy atom. The van der Waals surface area contributed by atoms with Crippen LogP contribution in [-0.2, 0) is 17.8 Å². The molecule has 0 unspecified atom stereocenters. The third kappa shape index (κ3) is 1.96. The fourth-order valence-corrected chi connectivity index (χ4v) is 2.32. The van der Waals surface area contributed by atoms with Gasteiger partial charge in [0, 0.05) is 0 Å². The molecule has 0 saturated carbocycles. The second kappa shape index (κ2) is 4.30. The Labute approximate surface area is 99.9 Å². The first-order chi connectivity index (χ1) is 8.34. The standard InChI is InChI=1S/C15H13FO/c16-13-6-4-11(5-7-13)14-3-1-2-12-10-17-9-8-15(12)14/h1-7H,8-10H2. The second-order valence-corrected chi connectivity index (χ2v) is 4.25. The molecular weight excluding hydrogens is 215 g/mol. The van der Waals surface area contributed by atoms with E-state index in [1.165, 1.54) is 28.8 Å². The average molecular weight is 228 g/mol. The van der Waals surface area contributed by atoms with E-state index in [1.807, 2.05) is 18.2 Å². The molecule has 0 radical (unpaired) electrons. The summed E-state index contributed by atoms with van der Waals surface area (Å²) >= 11 is 0. The molecule has 0 amide bonds. The minimum atomic E-state index is -0.193. The van der Waals surface area contributed by atoms with Crippen LogP contribution in [0.1, 0.15) is 11.1 Å². The summed E-state index contributed by atoms with van der Waals surface area (Å²) < 4.78 is 18.4. The Morgan fingerprint density at radius 3 is 2.65 bits per heavy atom. The normalized spacial score (nSPS) is 14.4. The molecule has 1 aliphatic rings. The van der Waals surface area contributed by atoms with Crippen LogP contribution in [0.4, 0.5) is 4.39 Å². The summed E-state index contributed by atoms with van der Waals surface area (Å²) in [4.78, 5) is 0. The number of benzene rings is 2. The summed E-state index contributed by atoms with van der Waals surface area (Å²) in [6.07, 6.45) is 0.933. The first kappa shape index (κ1) is 10.5. The van der Waals surface area contributed by atoms with Crippen LogP contribution in [-0.4, -0.2) is 6.61 Å². The summed E-state index contributed by atoms with van der Waals surface area (Å²) in [5, 5.41) is 0. The van der Waals surface area contributed by atoms with Crippen molar-refractivity contribution in [1.82, 2.24) is 0 Å². The number of ether oxygens (including phenoxy) is 1. The summed E-state index contributed by atoms with van der Waals surface area (Å²) in [5.74, 6) is -0.193. The highest BCUT2D eigenvalue weighted by molar-refractivity contribution is 5.69. The van der Waals surface area contributed by atoms with E-state index >= 15 is 0 Å². The van der Waals surface area contributed by atoms with E-state index in [0.29, 0.717) is 6.61 Å². The van der Waals surface area contributed by atoms with Gasteiger partial charge in [-0.3, -0.25) is 0 Å². The van der Waals surface area contributed by atoms with Gasteiger partial charge in [-0.05, 0) is 40.8 Å². The van der Waals surface area contributed by atoms with Gasteiger partial charge in [0.05, 0.1) is 13.2 Å². The SMILES string of the molecule is Fc1ccc(-c2cccc3c2CCOC3)cc1. The van der Waals surface area contributed by atoms with E-state index in [0.717, 1.165) is 18.6 Å². The fourth-order valence-electron chi connectivity index (χ4n) is 2.32. The van der Waals surface area contributed by atoms with Crippen molar-refractivity contribution in [1.29, 1.82) is 0 Å². The molecule has 1 heterocycles. The molecule has 0 N–H and O–H groups in total. The van der Waals surface area contributed by atoms with Crippen molar-refractivity contribution in [3.63, 3.8) is 0 Å². The first-order valence-corrected chi connectivity index (χ1v) is 5.79. The lowest BCUT2D eigenvalue weighted by atomic mass is 9.93. The second-order valence-electron chi connectivity index (χ2n) is 4.25. The molecule has 1 aliphatic heterocycles. The molecule has 3 rings (SSSR count). The van der Waals surface area contributed by atoms with Gasteiger partial charge in [-0.1, -0.05) is 30.3 Å². The highest BCUT2D eigenvalue weighted by Crippen LogP contribution is 2.29. The maximum atomic E-state index is 12.9. The predicted molar refractivity (Wildman–Crippen MR) is 65.2 cm³/mol. The zero-order chi connectivity index (χ0) is 11.7. The van der Waals surface area contributed by atoms with E-state index in [2.05, 4.69) is 12.1 Å². The molecule has 86 valence electrons. The summed E-state index contributed by atoms with van der Waals surface area (Å²) in [5.41, 5.74) is 4.86. The first-order valence-electron chi connectivity index (χ1n) is 5.79. The van der Waals surface area contributed by atoms with Crippen LogP contribution in [0, 0.1) is 5.82 Å². The molecule has 2 aromatic rings. The van der Waals surface area contributed by atoms with Crippen molar-refractivity contribution < 1.29 is 9.13 Å². The smallest absolute Gasteiger partial charge is 0.123 e. The molecule has 0 saturated heterocycles. The highest BCUT2D eigenvalue weighted by Gasteiger charge is 2.13. The largest absolute Gasteiger partial charge is 0.376 e. The van der Waals surface area contributed by atoms with Crippen molar-refractivity contribution in [3.05, 3.63) is 59.4 Å². The number of hydrogen-bond donors (Lipinski definition) is 0. The van der Waals surface area contributed by atoms with E-state index in [1.54, 1.807) is 0 Å². The van der Waals surface area contributed by atoms with Gasteiger partial charge in [0.1, 0.15) is 5.82 Å². The maximum absolute atomic E-state index is 12.9. The molecule has 17 heavy (non-hydrogen) atoms. The van der Waals surface area contributed by atoms with Gasteiger partial charge in [-0.25, -0.2) is 4.39 Å². The lowest BCUT2D eigenvalue weighted by molar-refractivity contribution is 0.111. The third-order valence-electron chi connectivity index (χ3n) is 3.18. The number of rotatable bonds is 1. The topological polar surface area (TPSA) is 9.23 Å². The molecule has 0 fully saturated rings. The van der Waals surface area contributed by atoms with Gasteiger partial charge in [0.25, 0.3) is 0 Å². The van der Waals surface area contributed by atoms with E-state index in [-0.39, 0.29) is 5.82 Å². The third-order valence-corrected chi connectivity index (χ3v) is 3.18. The van der Waals surface area contributed by atoms with Crippen molar-refractivity contribution in [3.8, 4) is 11.1 Å².